The summed E-state index contributed by atoms with van der Waals surface area (Å²) in [6, 6.07) is 0. The summed E-state index contributed by atoms with van der Waals surface area (Å²) in [6.45, 7) is 0. The Kier molecular flexibility index (Phi) is 45.9. The molecule has 9 heavy (non-hydrogen) atoms. The van der Waals surface area contributed by atoms with Crippen LogP contribution in [0.2, 0.25) is 0 Å². The second-order valence-corrected chi connectivity index (χ2v) is 1.34. The monoisotopic (exact) mass is 224 g/mol. The standard InChI is InChI=1S/Ca.K.Mg.H2O4S.H2O.5H/c;;;1-5(2,3)4;;;;;;/h;;;(H2,1,2,3,4);1H2;;;;;/q+2;+1;+2;;;5*-1. The van der Waals surface area contributed by atoms with E-state index in [0.29, 0.717) is 0 Å². The van der Waals surface area contributed by atoms with Crippen LogP contribution < -0.4 is 51.4 Å². The SMILES string of the molecule is O.O=S(=O)(O)O.[Ca+2].[H-].[H-].[H-].[H-].[H-].[K+].[Mg+2]. The van der Waals surface area contributed by atoms with Crippen LogP contribution in [0.4, 0.5) is 0 Å². The molecule has 0 saturated heterocycles. The van der Waals surface area contributed by atoms with Gasteiger partial charge in [0, 0.05) is 0 Å². The molecule has 0 spiro atoms. The van der Waals surface area contributed by atoms with Crippen molar-refractivity contribution in [3.05, 3.63) is 0 Å². The van der Waals surface area contributed by atoms with E-state index in [9.17, 15) is 0 Å². The summed E-state index contributed by atoms with van der Waals surface area (Å²) in [5, 5.41) is 0. The summed E-state index contributed by atoms with van der Waals surface area (Å²) in [6.07, 6.45) is 0. The number of hydrogen-bond acceptors (Lipinski definition) is 2. The van der Waals surface area contributed by atoms with Crippen molar-refractivity contribution in [2.45, 2.75) is 0 Å². The molecule has 0 aliphatic rings. The minimum Gasteiger partial charge on any atom is -1.00 e. The number of rotatable bonds is 0. The van der Waals surface area contributed by atoms with Gasteiger partial charge in [0.2, 0.25) is 0 Å². The zero-order valence-electron chi connectivity index (χ0n) is 10.0. The van der Waals surface area contributed by atoms with Crippen LogP contribution in [0.15, 0.2) is 0 Å². The van der Waals surface area contributed by atoms with Crippen molar-refractivity contribution in [1.29, 1.82) is 0 Å². The quantitative estimate of drug-likeness (QED) is 0.319. The Balaban J connectivity index is -0.00000000222. The molecule has 0 unspecified atom stereocenters. The predicted molar refractivity (Wildman–Crippen MR) is 34.9 cm³/mol. The predicted octanol–water partition coefficient (Wildman–Crippen LogP) is -4.67. The number of hydrogen-bond donors (Lipinski definition) is 2. The van der Waals surface area contributed by atoms with Crippen molar-refractivity contribution in [3.63, 3.8) is 0 Å². The first-order chi connectivity index (χ1) is 2.00. The third kappa shape index (κ3) is 84.9. The van der Waals surface area contributed by atoms with Gasteiger partial charge < -0.3 is 12.6 Å². The third-order valence-corrected chi connectivity index (χ3v) is 0. The van der Waals surface area contributed by atoms with Crippen LogP contribution in [0.5, 0.6) is 0 Å². The summed E-state index contributed by atoms with van der Waals surface area (Å²) in [4.78, 5) is 0. The largest absolute Gasteiger partial charge is 2.00 e. The van der Waals surface area contributed by atoms with E-state index in [4.69, 9.17) is 17.5 Å². The maximum Gasteiger partial charge on any atom is 2.00 e. The van der Waals surface area contributed by atoms with E-state index in [-0.39, 0.29) is 125 Å². The Hall–Kier alpha value is 3.49. The zero-order valence-corrected chi connectivity index (χ0v) is 12.6. The second-order valence-electron chi connectivity index (χ2n) is 0.448. The van der Waals surface area contributed by atoms with Crippen LogP contribution in [-0.4, -0.2) is 83.8 Å². The fourth-order valence-corrected chi connectivity index (χ4v) is 0. The third-order valence-electron chi connectivity index (χ3n) is 0. The van der Waals surface area contributed by atoms with Crippen LogP contribution in [0.3, 0.4) is 0 Å². The van der Waals surface area contributed by atoms with Crippen molar-refractivity contribution in [2.75, 3.05) is 0 Å². The summed E-state index contributed by atoms with van der Waals surface area (Å²) in [5.74, 6) is 0. The molecule has 0 bridgehead atoms. The van der Waals surface area contributed by atoms with E-state index < -0.39 is 10.4 Å². The molecule has 0 aliphatic heterocycles. The van der Waals surface area contributed by atoms with E-state index in [0.717, 1.165) is 0 Å². The first-order valence-corrected chi connectivity index (χ1v) is 2.10. The molecule has 0 amide bonds. The molecule has 0 rings (SSSR count). The normalized spacial score (nSPS) is 6.44. The molecular formula is H9CaKMgO5S. The van der Waals surface area contributed by atoms with Gasteiger partial charge in [0.05, 0.1) is 0 Å². The van der Waals surface area contributed by atoms with Gasteiger partial charge in [-0.2, -0.15) is 8.42 Å². The van der Waals surface area contributed by atoms with Gasteiger partial charge in [-0.1, -0.05) is 0 Å². The topological polar surface area (TPSA) is 106 Å². The van der Waals surface area contributed by atoms with Crippen molar-refractivity contribution >= 4 is 71.2 Å². The molecule has 0 aromatic rings. The Labute approximate surface area is 149 Å². The average molecular weight is 225 g/mol. The Morgan fingerprint density at radius 3 is 1.22 bits per heavy atom. The van der Waals surface area contributed by atoms with Crippen LogP contribution in [-0.2, 0) is 10.4 Å². The van der Waals surface area contributed by atoms with Crippen LogP contribution >= 0.6 is 0 Å². The van der Waals surface area contributed by atoms with Gasteiger partial charge >= 0.3 is 123 Å². The first kappa shape index (κ1) is 29.4. The fraction of sp³-hybridized carbons (Fsp3) is 0. The van der Waals surface area contributed by atoms with Gasteiger partial charge in [-0.05, 0) is 0 Å². The smallest absolute Gasteiger partial charge is 1.00 e. The second kappa shape index (κ2) is 14.0. The molecule has 0 fully saturated rings. The molecule has 0 radical (unpaired) electrons. The molecule has 0 heterocycles. The molecule has 5 nitrogen and oxygen atoms in total. The average Bonchev–Trinajstić information content (AvgIpc) is 0.722. The van der Waals surface area contributed by atoms with E-state index in [1.807, 2.05) is 0 Å². The Morgan fingerprint density at radius 2 is 1.22 bits per heavy atom. The summed E-state index contributed by atoms with van der Waals surface area (Å²) < 4.78 is 31.6. The van der Waals surface area contributed by atoms with Gasteiger partial charge in [0.15, 0.2) is 0 Å². The van der Waals surface area contributed by atoms with Crippen molar-refractivity contribution < 1.29 is 81.5 Å². The van der Waals surface area contributed by atoms with Crippen molar-refractivity contribution in [1.82, 2.24) is 0 Å². The van der Waals surface area contributed by atoms with E-state index in [1.54, 1.807) is 0 Å². The Morgan fingerprint density at radius 1 is 1.22 bits per heavy atom. The maximum atomic E-state index is 8.74. The van der Waals surface area contributed by atoms with Crippen LogP contribution in [0, 0.1) is 0 Å². The van der Waals surface area contributed by atoms with Gasteiger partial charge in [-0.3, -0.25) is 9.11 Å². The van der Waals surface area contributed by atoms with Crippen LogP contribution in [0.1, 0.15) is 7.13 Å². The van der Waals surface area contributed by atoms with E-state index in [2.05, 4.69) is 0 Å². The van der Waals surface area contributed by atoms with Crippen LogP contribution in [0.25, 0.3) is 0 Å². The van der Waals surface area contributed by atoms with Crippen molar-refractivity contribution in [2.24, 2.45) is 0 Å². The van der Waals surface area contributed by atoms with E-state index >= 15 is 0 Å². The molecule has 4 N–H and O–H groups in total. The Bertz CT molecular complexity index is 113. The maximum absolute atomic E-state index is 8.74. The van der Waals surface area contributed by atoms with Gasteiger partial charge in [-0.15, -0.1) is 0 Å². The summed E-state index contributed by atoms with van der Waals surface area (Å²) in [7, 11) is -4.67. The molecular weight excluding hydrogens is 216 g/mol. The fourth-order valence-electron chi connectivity index (χ4n) is 0. The molecule has 0 aliphatic carbocycles. The van der Waals surface area contributed by atoms with Gasteiger partial charge in [0.25, 0.3) is 0 Å². The first-order valence-electron chi connectivity index (χ1n) is 0.698. The molecule has 0 saturated carbocycles. The minimum absolute atomic E-state index is 0. The molecule has 9 heteroatoms. The van der Waals surface area contributed by atoms with Gasteiger partial charge in [-0.25, -0.2) is 0 Å². The summed E-state index contributed by atoms with van der Waals surface area (Å²) in [5.41, 5.74) is 0. The molecule has 0 aromatic carbocycles. The van der Waals surface area contributed by atoms with Gasteiger partial charge in [0.1, 0.15) is 0 Å². The molecule has 0 atom stereocenters. The summed E-state index contributed by atoms with van der Waals surface area (Å²) >= 11 is 0. The molecule has 50 valence electrons. The molecule has 0 aromatic heterocycles. The zero-order chi connectivity index (χ0) is 4.50. The van der Waals surface area contributed by atoms with E-state index in [1.165, 1.54) is 0 Å². The van der Waals surface area contributed by atoms with Crippen molar-refractivity contribution in [3.8, 4) is 0 Å². The minimum atomic E-state index is -4.67.